The minimum absolute atomic E-state index is 0.0414. The number of benzene rings is 4. The van der Waals surface area contributed by atoms with E-state index in [4.69, 9.17) is 13.6 Å². The molecule has 1 N–H and O–H groups in total. The Labute approximate surface area is 253 Å². The monoisotopic (exact) mass is 587 g/mol. The number of ketones is 1. The number of furan rings is 1. The van der Waals surface area contributed by atoms with E-state index in [0.29, 0.717) is 29.9 Å². The van der Waals surface area contributed by atoms with Crippen LogP contribution in [-0.2, 0) is 10.8 Å². The van der Waals surface area contributed by atoms with Crippen LogP contribution in [0.3, 0.4) is 0 Å². The lowest BCUT2D eigenvalue weighted by Crippen LogP contribution is -2.66. The van der Waals surface area contributed by atoms with Crippen LogP contribution in [0, 0.1) is 0 Å². The summed E-state index contributed by atoms with van der Waals surface area (Å²) in [6, 6.07) is 35.3. The highest BCUT2D eigenvalue weighted by molar-refractivity contribution is 6.99. The summed E-state index contributed by atoms with van der Waals surface area (Å²) in [5, 5.41) is 4.31. The van der Waals surface area contributed by atoms with E-state index >= 15 is 0 Å². The number of hydrogen-bond donors (Lipinski definition) is 1. The van der Waals surface area contributed by atoms with Crippen molar-refractivity contribution in [2.75, 3.05) is 13.7 Å². The van der Waals surface area contributed by atoms with Crippen LogP contribution in [0.2, 0.25) is 5.04 Å². The highest BCUT2D eigenvalue weighted by atomic mass is 28.4. The van der Waals surface area contributed by atoms with Gasteiger partial charge in [-0.15, -0.1) is 0 Å². The summed E-state index contributed by atoms with van der Waals surface area (Å²) in [6.07, 6.45) is 0.595. The van der Waals surface area contributed by atoms with Crippen LogP contribution in [0.25, 0.3) is 33.3 Å². The molecule has 6 aromatic rings. The number of aromatic nitrogens is 1. The van der Waals surface area contributed by atoms with Gasteiger partial charge in [0.2, 0.25) is 0 Å². The van der Waals surface area contributed by atoms with Gasteiger partial charge < -0.3 is 18.6 Å². The largest absolute Gasteiger partial charge is 0.496 e. The molecule has 43 heavy (non-hydrogen) atoms. The number of rotatable bonds is 9. The minimum atomic E-state index is -2.73. The maximum Gasteiger partial charge on any atom is 0.261 e. The Kier molecular flexibility index (Phi) is 7.59. The van der Waals surface area contributed by atoms with Crippen LogP contribution >= 0.6 is 0 Å². The van der Waals surface area contributed by atoms with Gasteiger partial charge in [0.05, 0.1) is 18.2 Å². The SMILES string of the molecule is COc1cc(C(C)=O)cc2oc(-c3cc4ccccc4[nH]3)c(CCO[Si](c3ccccc3)(c3ccccc3)C(C)(C)C)c12. The second-order valence-corrected chi connectivity index (χ2v) is 16.4. The first kappa shape index (κ1) is 28.7. The molecule has 218 valence electrons. The molecule has 0 atom stereocenters. The van der Waals surface area contributed by atoms with Crippen LogP contribution in [0.1, 0.15) is 43.6 Å². The molecule has 0 amide bonds. The number of H-pyrrole nitrogens is 1. The summed E-state index contributed by atoms with van der Waals surface area (Å²) < 4.78 is 19.7. The van der Waals surface area contributed by atoms with Crippen LogP contribution < -0.4 is 15.1 Å². The van der Waals surface area contributed by atoms with Gasteiger partial charge in [-0.1, -0.05) is 99.6 Å². The highest BCUT2D eigenvalue weighted by Crippen LogP contribution is 2.41. The van der Waals surface area contributed by atoms with Gasteiger partial charge in [-0.25, -0.2) is 0 Å². The van der Waals surface area contributed by atoms with Crippen molar-refractivity contribution >= 4 is 46.3 Å². The molecule has 0 fully saturated rings. The first-order valence-corrected chi connectivity index (χ1v) is 16.6. The van der Waals surface area contributed by atoms with Gasteiger partial charge in [0.15, 0.2) is 11.5 Å². The van der Waals surface area contributed by atoms with Gasteiger partial charge in [0.25, 0.3) is 8.32 Å². The summed E-state index contributed by atoms with van der Waals surface area (Å²) in [5.74, 6) is 1.31. The fourth-order valence-corrected chi connectivity index (χ4v) is 10.9. The zero-order chi connectivity index (χ0) is 30.2. The molecule has 0 aliphatic heterocycles. The second kappa shape index (κ2) is 11.4. The van der Waals surface area contributed by atoms with Gasteiger partial charge in [0.1, 0.15) is 11.3 Å². The van der Waals surface area contributed by atoms with Crippen LogP contribution in [0.5, 0.6) is 5.75 Å². The van der Waals surface area contributed by atoms with E-state index in [1.54, 1.807) is 14.0 Å². The fraction of sp³-hybridized carbons (Fsp3) is 0.216. The van der Waals surface area contributed by atoms with Crippen LogP contribution in [0.4, 0.5) is 0 Å². The number of nitrogens with one attached hydrogen (secondary N) is 1. The molecule has 4 aromatic carbocycles. The molecule has 6 heteroatoms. The molecule has 0 saturated carbocycles. The predicted molar refractivity (Wildman–Crippen MR) is 177 cm³/mol. The lowest BCUT2D eigenvalue weighted by atomic mass is 10.0. The van der Waals surface area contributed by atoms with Crippen molar-refractivity contribution in [2.24, 2.45) is 0 Å². The van der Waals surface area contributed by atoms with Crippen molar-refractivity contribution < 1.29 is 18.4 Å². The topological polar surface area (TPSA) is 64.5 Å². The molecule has 2 aromatic heterocycles. The van der Waals surface area contributed by atoms with E-state index in [9.17, 15) is 4.79 Å². The van der Waals surface area contributed by atoms with E-state index in [0.717, 1.165) is 33.3 Å². The van der Waals surface area contributed by atoms with Crippen LogP contribution in [-0.4, -0.2) is 32.8 Å². The normalized spacial score (nSPS) is 12.2. The van der Waals surface area contributed by atoms with E-state index in [-0.39, 0.29) is 10.8 Å². The Hall–Kier alpha value is -4.39. The van der Waals surface area contributed by atoms with Crippen LogP contribution in [0.15, 0.2) is 108 Å². The number of carbonyl (C=O) groups is 1. The second-order valence-electron chi connectivity index (χ2n) is 12.0. The van der Waals surface area contributed by atoms with Gasteiger partial charge in [0, 0.05) is 28.6 Å². The maximum atomic E-state index is 12.4. The first-order valence-electron chi connectivity index (χ1n) is 14.7. The molecule has 0 spiro atoms. The molecule has 0 saturated heterocycles. The van der Waals surface area contributed by atoms with Crippen molar-refractivity contribution in [1.29, 1.82) is 0 Å². The van der Waals surface area contributed by atoms with Crippen molar-refractivity contribution in [2.45, 2.75) is 39.2 Å². The van der Waals surface area contributed by atoms with Crippen molar-refractivity contribution in [3.05, 3.63) is 114 Å². The molecule has 0 bridgehead atoms. The lowest BCUT2D eigenvalue weighted by molar-refractivity contribution is 0.101. The Morgan fingerprint density at radius 3 is 2.07 bits per heavy atom. The van der Waals surface area contributed by atoms with Crippen molar-refractivity contribution in [3.8, 4) is 17.2 Å². The number of aromatic amines is 1. The third kappa shape index (κ3) is 5.11. The number of para-hydroxylation sites is 1. The highest BCUT2D eigenvalue weighted by Gasteiger charge is 2.50. The molecule has 0 aliphatic rings. The van der Waals surface area contributed by atoms with Crippen molar-refractivity contribution in [3.63, 3.8) is 0 Å². The van der Waals surface area contributed by atoms with Gasteiger partial charge in [-0.2, -0.15) is 0 Å². The maximum absolute atomic E-state index is 12.4. The molecule has 6 rings (SSSR count). The summed E-state index contributed by atoms with van der Waals surface area (Å²) >= 11 is 0. The number of Topliss-reactive ketones (excluding diaryl/α,β-unsaturated/α-hetero) is 1. The third-order valence-corrected chi connectivity index (χ3v) is 13.4. The van der Waals surface area contributed by atoms with Gasteiger partial charge in [-0.3, -0.25) is 4.79 Å². The summed E-state index contributed by atoms with van der Waals surface area (Å²) in [4.78, 5) is 15.9. The molecule has 2 heterocycles. The van der Waals surface area contributed by atoms with E-state index < -0.39 is 8.32 Å². The van der Waals surface area contributed by atoms with E-state index in [1.807, 2.05) is 24.3 Å². The quantitative estimate of drug-likeness (QED) is 0.138. The standard InChI is InChI=1S/C37H37NO4Si/c1-25(39)27-23-33(40-5)35-30(36(42-34(35)24-27)32-22-26-14-12-13-19-31(26)38-32)20-21-41-43(37(2,3)4,28-15-8-6-9-16-28)29-17-10-7-11-18-29/h6-19,22-24,38H,20-21H2,1-5H3. The van der Waals surface area contributed by atoms with Crippen molar-refractivity contribution in [1.82, 2.24) is 4.98 Å². The van der Waals surface area contributed by atoms with Gasteiger partial charge in [-0.05, 0) is 53.0 Å². The van der Waals surface area contributed by atoms with Gasteiger partial charge >= 0.3 is 0 Å². The average molecular weight is 588 g/mol. The molecule has 0 aliphatic carbocycles. The minimum Gasteiger partial charge on any atom is -0.496 e. The summed E-state index contributed by atoms with van der Waals surface area (Å²) in [6.45, 7) is 8.89. The molecular formula is C37H37NO4Si. The zero-order valence-electron chi connectivity index (χ0n) is 25.4. The number of fused-ring (bicyclic) bond motifs is 2. The lowest BCUT2D eigenvalue weighted by Gasteiger charge is -2.43. The molecular weight excluding hydrogens is 550 g/mol. The number of carbonyl (C=O) groups excluding carboxylic acids is 1. The predicted octanol–water partition coefficient (Wildman–Crippen LogP) is 7.91. The van der Waals surface area contributed by atoms with E-state index in [1.165, 1.54) is 10.4 Å². The summed E-state index contributed by atoms with van der Waals surface area (Å²) in [5.41, 5.74) is 4.08. The number of hydrogen-bond acceptors (Lipinski definition) is 4. The first-order chi connectivity index (χ1) is 20.7. The molecule has 5 nitrogen and oxygen atoms in total. The Morgan fingerprint density at radius 2 is 1.49 bits per heavy atom. The average Bonchev–Trinajstić information content (AvgIpc) is 3.60. The smallest absolute Gasteiger partial charge is 0.261 e. The fourth-order valence-electron chi connectivity index (χ4n) is 6.34. The number of ether oxygens (including phenoxy) is 1. The number of methoxy groups -OCH3 is 1. The Bertz CT molecular complexity index is 1830. The Morgan fingerprint density at radius 1 is 0.860 bits per heavy atom. The zero-order valence-corrected chi connectivity index (χ0v) is 26.4. The summed E-state index contributed by atoms with van der Waals surface area (Å²) in [7, 11) is -1.10. The Balaban J connectivity index is 1.48. The van der Waals surface area contributed by atoms with E-state index in [2.05, 4.69) is 105 Å². The molecule has 0 unspecified atom stereocenters. The third-order valence-electron chi connectivity index (χ3n) is 8.34. The molecule has 0 radical (unpaired) electrons.